The van der Waals surface area contributed by atoms with E-state index in [-0.39, 0.29) is 5.75 Å². The predicted octanol–water partition coefficient (Wildman–Crippen LogP) is 4.44. The second-order valence-corrected chi connectivity index (χ2v) is 5.34. The fourth-order valence-corrected chi connectivity index (χ4v) is 2.80. The molecule has 21 heavy (non-hydrogen) atoms. The topological polar surface area (TPSA) is 48.1 Å². The van der Waals surface area contributed by atoms with Crippen molar-refractivity contribution < 1.29 is 17.9 Å². The molecule has 0 fully saturated rings. The van der Waals surface area contributed by atoms with E-state index in [1.807, 2.05) is 0 Å². The number of hydrogen-bond donors (Lipinski definition) is 1. The van der Waals surface area contributed by atoms with E-state index < -0.39 is 6.36 Å². The normalized spacial score (nSPS) is 11.8. The zero-order valence-corrected chi connectivity index (χ0v) is 11.3. The van der Waals surface area contributed by atoms with Gasteiger partial charge in [0.05, 0.1) is 10.2 Å². The third kappa shape index (κ3) is 2.92. The average molecular weight is 310 g/mol. The monoisotopic (exact) mass is 310 g/mol. The van der Waals surface area contributed by atoms with Crippen molar-refractivity contribution in [1.82, 2.24) is 4.98 Å². The third-order valence-corrected chi connectivity index (χ3v) is 3.68. The maximum Gasteiger partial charge on any atom is 0.573 e. The number of hydrogen-bond acceptors (Lipinski definition) is 4. The first kappa shape index (κ1) is 13.7. The molecule has 0 unspecified atom stereocenters. The van der Waals surface area contributed by atoms with Gasteiger partial charge in [-0.15, -0.1) is 13.2 Å². The number of nitrogens with zero attached hydrogens (tertiary/aromatic N) is 1. The molecule has 2 N–H and O–H groups in total. The maximum atomic E-state index is 12.4. The van der Waals surface area contributed by atoms with Crippen molar-refractivity contribution in [1.29, 1.82) is 0 Å². The van der Waals surface area contributed by atoms with Crippen LogP contribution in [0.5, 0.6) is 5.75 Å². The van der Waals surface area contributed by atoms with Crippen LogP contribution in [-0.2, 0) is 0 Å². The molecule has 3 aromatic rings. The highest BCUT2D eigenvalue weighted by atomic mass is 32.1. The minimum Gasteiger partial charge on any atom is -0.405 e. The minimum absolute atomic E-state index is 0.234. The van der Waals surface area contributed by atoms with Gasteiger partial charge in [0, 0.05) is 5.56 Å². The van der Waals surface area contributed by atoms with Gasteiger partial charge in [0.25, 0.3) is 0 Å². The Labute approximate surface area is 121 Å². The first-order chi connectivity index (χ1) is 9.92. The Kier molecular flexibility index (Phi) is 3.21. The number of rotatable bonds is 2. The molecule has 0 aliphatic heterocycles. The van der Waals surface area contributed by atoms with Gasteiger partial charge in [-0.25, -0.2) is 4.98 Å². The van der Waals surface area contributed by atoms with Crippen molar-refractivity contribution in [2.45, 2.75) is 6.36 Å². The molecule has 0 aliphatic rings. The predicted molar refractivity (Wildman–Crippen MR) is 76.2 cm³/mol. The van der Waals surface area contributed by atoms with Gasteiger partial charge in [0.1, 0.15) is 5.75 Å². The number of alkyl halides is 3. The van der Waals surface area contributed by atoms with Crippen molar-refractivity contribution in [2.75, 3.05) is 5.73 Å². The molecular formula is C14H9F3N2OS. The highest BCUT2D eigenvalue weighted by Crippen LogP contribution is 2.36. The summed E-state index contributed by atoms with van der Waals surface area (Å²) in [5.41, 5.74) is 7.33. The zero-order valence-electron chi connectivity index (χ0n) is 10.5. The van der Waals surface area contributed by atoms with Gasteiger partial charge in [-0.2, -0.15) is 0 Å². The van der Waals surface area contributed by atoms with Crippen molar-refractivity contribution in [3.63, 3.8) is 0 Å². The van der Waals surface area contributed by atoms with Gasteiger partial charge in [-0.05, 0) is 23.8 Å². The molecule has 0 atom stereocenters. The van der Waals surface area contributed by atoms with Crippen LogP contribution in [0.3, 0.4) is 0 Å². The van der Waals surface area contributed by atoms with E-state index in [0.29, 0.717) is 16.3 Å². The summed E-state index contributed by atoms with van der Waals surface area (Å²) in [6.07, 6.45) is -4.73. The number of aromatic nitrogens is 1. The number of nitrogen functional groups attached to an aromatic ring is 1. The van der Waals surface area contributed by atoms with E-state index in [2.05, 4.69) is 9.72 Å². The lowest BCUT2D eigenvalue weighted by molar-refractivity contribution is -0.274. The van der Waals surface area contributed by atoms with Crippen LogP contribution >= 0.6 is 11.3 Å². The molecule has 2 aromatic carbocycles. The number of thiazole rings is 1. The van der Waals surface area contributed by atoms with Gasteiger partial charge in [-0.3, -0.25) is 0 Å². The van der Waals surface area contributed by atoms with Gasteiger partial charge < -0.3 is 10.5 Å². The molecular weight excluding hydrogens is 301 g/mol. The number of benzene rings is 2. The number of halogens is 3. The van der Waals surface area contributed by atoms with Gasteiger partial charge in [0.2, 0.25) is 0 Å². The fourth-order valence-electron chi connectivity index (χ4n) is 2.03. The summed E-state index contributed by atoms with van der Waals surface area (Å²) in [5, 5.41) is 0.418. The van der Waals surface area contributed by atoms with Crippen molar-refractivity contribution in [3.8, 4) is 16.9 Å². The summed E-state index contributed by atoms with van der Waals surface area (Å²) in [7, 11) is 0. The largest absolute Gasteiger partial charge is 0.573 e. The van der Waals surface area contributed by atoms with Crippen LogP contribution in [0.4, 0.5) is 18.3 Å². The molecule has 0 spiro atoms. The molecule has 1 aromatic heterocycles. The summed E-state index contributed by atoms with van der Waals surface area (Å²) in [4.78, 5) is 4.11. The lowest BCUT2D eigenvalue weighted by Gasteiger charge is -2.13. The first-order valence-corrected chi connectivity index (χ1v) is 6.75. The molecule has 0 bridgehead atoms. The highest BCUT2D eigenvalue weighted by Gasteiger charge is 2.32. The van der Waals surface area contributed by atoms with Crippen LogP contribution in [0.1, 0.15) is 0 Å². The minimum atomic E-state index is -4.73. The smallest absolute Gasteiger partial charge is 0.405 e. The number of anilines is 1. The van der Waals surface area contributed by atoms with Crippen LogP contribution in [0.2, 0.25) is 0 Å². The lowest BCUT2D eigenvalue weighted by atomic mass is 10.0. The molecule has 0 radical (unpaired) electrons. The highest BCUT2D eigenvalue weighted by molar-refractivity contribution is 7.22. The summed E-state index contributed by atoms with van der Waals surface area (Å²) in [6, 6.07) is 11.2. The molecule has 0 amide bonds. The Morgan fingerprint density at radius 3 is 2.62 bits per heavy atom. The summed E-state index contributed by atoms with van der Waals surface area (Å²) >= 11 is 1.28. The Morgan fingerprint density at radius 1 is 1.10 bits per heavy atom. The number of ether oxygens (including phenoxy) is 1. The van der Waals surface area contributed by atoms with E-state index in [1.54, 1.807) is 30.3 Å². The molecule has 0 saturated heterocycles. The van der Waals surface area contributed by atoms with E-state index in [0.717, 1.165) is 10.2 Å². The molecule has 7 heteroatoms. The Hall–Kier alpha value is -2.28. The molecule has 3 nitrogen and oxygen atoms in total. The van der Waals surface area contributed by atoms with E-state index in [1.165, 1.54) is 23.5 Å². The number of fused-ring (bicyclic) bond motifs is 1. The zero-order chi connectivity index (χ0) is 15.0. The summed E-state index contributed by atoms with van der Waals surface area (Å²) in [6.45, 7) is 0. The van der Waals surface area contributed by atoms with Gasteiger partial charge in [-0.1, -0.05) is 35.6 Å². The standard InChI is InChI=1S/C14H9F3N2OS/c15-14(16,17)20-11-4-2-1-3-9(11)8-5-6-10-12(7-8)21-13(18)19-10/h1-7H,(H2,18,19). The van der Waals surface area contributed by atoms with Crippen LogP contribution in [0, 0.1) is 0 Å². The van der Waals surface area contributed by atoms with Crippen molar-refractivity contribution in [2.24, 2.45) is 0 Å². The van der Waals surface area contributed by atoms with Crippen molar-refractivity contribution in [3.05, 3.63) is 42.5 Å². The molecule has 108 valence electrons. The van der Waals surface area contributed by atoms with Crippen LogP contribution in [0.15, 0.2) is 42.5 Å². The third-order valence-electron chi connectivity index (χ3n) is 2.83. The molecule has 0 saturated carbocycles. The molecule has 3 rings (SSSR count). The van der Waals surface area contributed by atoms with Crippen molar-refractivity contribution >= 4 is 26.7 Å². The second-order valence-electron chi connectivity index (χ2n) is 4.28. The SMILES string of the molecule is Nc1nc2ccc(-c3ccccc3OC(F)(F)F)cc2s1. The number of para-hydroxylation sites is 1. The number of nitrogens with two attached hydrogens (primary N) is 1. The van der Waals surface area contributed by atoms with Crippen LogP contribution in [-0.4, -0.2) is 11.3 Å². The molecule has 0 aliphatic carbocycles. The van der Waals surface area contributed by atoms with E-state index >= 15 is 0 Å². The summed E-state index contributed by atoms with van der Waals surface area (Å²) < 4.78 is 42.2. The van der Waals surface area contributed by atoms with Crippen LogP contribution < -0.4 is 10.5 Å². The fraction of sp³-hybridized carbons (Fsp3) is 0.0714. The first-order valence-electron chi connectivity index (χ1n) is 5.93. The Morgan fingerprint density at radius 2 is 1.86 bits per heavy atom. The van der Waals surface area contributed by atoms with Crippen LogP contribution in [0.25, 0.3) is 21.3 Å². The Balaban J connectivity index is 2.09. The van der Waals surface area contributed by atoms with E-state index in [9.17, 15) is 13.2 Å². The summed E-state index contributed by atoms with van der Waals surface area (Å²) in [5.74, 6) is -0.234. The molecule has 1 heterocycles. The average Bonchev–Trinajstić information content (AvgIpc) is 2.76. The van der Waals surface area contributed by atoms with Gasteiger partial charge >= 0.3 is 6.36 Å². The lowest BCUT2D eigenvalue weighted by Crippen LogP contribution is -2.17. The van der Waals surface area contributed by atoms with E-state index in [4.69, 9.17) is 5.73 Å². The Bertz CT molecular complexity index is 798. The quantitative estimate of drug-likeness (QED) is 0.761. The maximum absolute atomic E-state index is 12.4. The van der Waals surface area contributed by atoms with Gasteiger partial charge in [0.15, 0.2) is 5.13 Å². The second kappa shape index (κ2) is 4.92.